The maximum absolute atomic E-state index is 11.8. The number of carbonyl (C=O) groups is 1. The number of amides is 1. The molecule has 0 unspecified atom stereocenters. The van der Waals surface area contributed by atoms with Crippen molar-refractivity contribution >= 4 is 22.6 Å². The monoisotopic (exact) mass is 319 g/mol. The molecule has 0 bridgehead atoms. The molecule has 120 valence electrons. The number of primary amides is 1. The first-order chi connectivity index (χ1) is 11.7. The Balaban J connectivity index is 1.92. The summed E-state index contributed by atoms with van der Waals surface area (Å²) in [6.45, 7) is 0.765. The van der Waals surface area contributed by atoms with Crippen molar-refractivity contribution in [2.45, 2.75) is 18.9 Å². The van der Waals surface area contributed by atoms with Crippen LogP contribution >= 0.6 is 0 Å². The van der Waals surface area contributed by atoms with Crippen LogP contribution in [0.4, 0.5) is 5.82 Å². The molecule has 24 heavy (non-hydrogen) atoms. The number of hydrogen-bond acceptors (Lipinski definition) is 5. The molecule has 1 aliphatic rings. The summed E-state index contributed by atoms with van der Waals surface area (Å²) in [5.41, 5.74) is 7.28. The Kier molecular flexibility index (Phi) is 3.57. The third kappa shape index (κ3) is 2.46. The quantitative estimate of drug-likeness (QED) is 0.799. The predicted molar refractivity (Wildman–Crippen MR) is 92.3 cm³/mol. The molecule has 1 saturated heterocycles. The lowest BCUT2D eigenvalue weighted by Gasteiger charge is -2.25. The van der Waals surface area contributed by atoms with Crippen molar-refractivity contribution < 1.29 is 4.79 Å². The van der Waals surface area contributed by atoms with E-state index in [1.807, 2.05) is 41.3 Å². The molecule has 3 heterocycles. The zero-order valence-corrected chi connectivity index (χ0v) is 13.1. The first-order valence-corrected chi connectivity index (χ1v) is 7.97. The third-order valence-corrected chi connectivity index (χ3v) is 4.36. The lowest BCUT2D eigenvalue weighted by molar-refractivity contribution is -0.119. The van der Waals surface area contributed by atoms with Gasteiger partial charge in [0.2, 0.25) is 5.91 Å². The fourth-order valence-corrected chi connectivity index (χ4v) is 3.22. The normalized spacial score (nSPS) is 17.3. The summed E-state index contributed by atoms with van der Waals surface area (Å²) in [5, 5.41) is 0.929. The molecule has 0 radical (unpaired) electrons. The van der Waals surface area contributed by atoms with Gasteiger partial charge in [0.15, 0.2) is 5.82 Å². The van der Waals surface area contributed by atoms with E-state index >= 15 is 0 Å². The van der Waals surface area contributed by atoms with Crippen molar-refractivity contribution in [1.82, 2.24) is 15.0 Å². The molecular weight excluding hydrogens is 302 g/mol. The molecular formula is C18H17N5O. The molecule has 1 amide bonds. The van der Waals surface area contributed by atoms with Crippen LogP contribution in [0.5, 0.6) is 0 Å². The molecule has 1 fully saturated rings. The standard InChI is InChI=1S/C18H17N5O/c19-16(24)15-8-4-10-23(15)18-13-6-1-2-7-14(13)21-17(22-18)12-5-3-9-20-11-12/h1-3,5-7,9,11,15H,4,8,10H2,(H2,19,24)/t15-/m1/s1. The largest absolute Gasteiger partial charge is 0.368 e. The minimum Gasteiger partial charge on any atom is -0.368 e. The van der Waals surface area contributed by atoms with Crippen molar-refractivity contribution in [3.05, 3.63) is 48.8 Å². The number of aromatic nitrogens is 3. The highest BCUT2D eigenvalue weighted by atomic mass is 16.1. The average Bonchev–Trinajstić information content (AvgIpc) is 3.11. The molecule has 3 aromatic rings. The van der Waals surface area contributed by atoms with E-state index in [0.717, 1.165) is 41.7 Å². The SMILES string of the molecule is NC(=O)[C@H]1CCCN1c1nc(-c2cccnc2)nc2ccccc12. The summed E-state index contributed by atoms with van der Waals surface area (Å²) in [4.78, 5) is 27.4. The van der Waals surface area contributed by atoms with Gasteiger partial charge in [0, 0.05) is 29.9 Å². The van der Waals surface area contributed by atoms with Gasteiger partial charge in [-0.2, -0.15) is 0 Å². The maximum atomic E-state index is 11.8. The topological polar surface area (TPSA) is 85.0 Å². The molecule has 6 nitrogen and oxygen atoms in total. The molecule has 6 heteroatoms. The predicted octanol–water partition coefficient (Wildman–Crippen LogP) is 2.15. The van der Waals surface area contributed by atoms with E-state index < -0.39 is 0 Å². The number of hydrogen-bond donors (Lipinski definition) is 1. The number of rotatable bonds is 3. The molecule has 0 spiro atoms. The minimum absolute atomic E-state index is 0.307. The molecule has 1 aromatic carbocycles. The van der Waals surface area contributed by atoms with Crippen molar-refractivity contribution in [1.29, 1.82) is 0 Å². The van der Waals surface area contributed by atoms with Gasteiger partial charge in [-0.05, 0) is 37.1 Å². The highest BCUT2D eigenvalue weighted by molar-refractivity contribution is 5.94. The third-order valence-electron chi connectivity index (χ3n) is 4.36. The van der Waals surface area contributed by atoms with Crippen LogP contribution in [0.2, 0.25) is 0 Å². The van der Waals surface area contributed by atoms with Gasteiger partial charge < -0.3 is 10.6 Å². The van der Waals surface area contributed by atoms with Crippen molar-refractivity contribution in [2.75, 3.05) is 11.4 Å². The number of benzene rings is 1. The van der Waals surface area contributed by atoms with Gasteiger partial charge >= 0.3 is 0 Å². The lowest BCUT2D eigenvalue weighted by atomic mass is 10.1. The number of nitrogens with two attached hydrogens (primary N) is 1. The number of anilines is 1. The van der Waals surface area contributed by atoms with E-state index in [-0.39, 0.29) is 11.9 Å². The van der Waals surface area contributed by atoms with Gasteiger partial charge in [-0.3, -0.25) is 9.78 Å². The van der Waals surface area contributed by atoms with Crippen LogP contribution in [0.3, 0.4) is 0 Å². The smallest absolute Gasteiger partial charge is 0.240 e. The molecule has 0 aliphatic carbocycles. The molecule has 2 aromatic heterocycles. The molecule has 1 atom stereocenters. The Labute approximate surface area is 139 Å². The summed E-state index contributed by atoms with van der Waals surface area (Å²) in [7, 11) is 0. The fraction of sp³-hybridized carbons (Fsp3) is 0.222. The van der Waals surface area contributed by atoms with E-state index in [9.17, 15) is 4.79 Å². The van der Waals surface area contributed by atoms with Gasteiger partial charge in [0.05, 0.1) is 5.52 Å². The van der Waals surface area contributed by atoms with Crippen LogP contribution < -0.4 is 10.6 Å². The zero-order chi connectivity index (χ0) is 16.5. The minimum atomic E-state index is -0.315. The van der Waals surface area contributed by atoms with Crippen molar-refractivity contribution in [2.24, 2.45) is 5.73 Å². The zero-order valence-electron chi connectivity index (χ0n) is 13.1. The summed E-state index contributed by atoms with van der Waals surface area (Å²) in [6.07, 6.45) is 5.14. The fourth-order valence-electron chi connectivity index (χ4n) is 3.22. The number of para-hydroxylation sites is 1. The van der Waals surface area contributed by atoms with E-state index in [0.29, 0.717) is 5.82 Å². The summed E-state index contributed by atoms with van der Waals surface area (Å²) < 4.78 is 0. The Hall–Kier alpha value is -3.02. The van der Waals surface area contributed by atoms with Gasteiger partial charge in [0.1, 0.15) is 11.9 Å². The van der Waals surface area contributed by atoms with Crippen LogP contribution in [0.25, 0.3) is 22.3 Å². The first kappa shape index (κ1) is 14.6. The lowest BCUT2D eigenvalue weighted by Crippen LogP contribution is -2.40. The second kappa shape index (κ2) is 5.88. The van der Waals surface area contributed by atoms with Crippen LogP contribution in [0, 0.1) is 0 Å². The molecule has 4 rings (SSSR count). The number of nitrogens with zero attached hydrogens (tertiary/aromatic N) is 4. The average molecular weight is 319 g/mol. The van der Waals surface area contributed by atoms with Gasteiger partial charge in [-0.25, -0.2) is 9.97 Å². The van der Waals surface area contributed by atoms with Crippen LogP contribution in [-0.2, 0) is 4.79 Å². The number of carbonyl (C=O) groups excluding carboxylic acids is 1. The second-order valence-corrected chi connectivity index (χ2v) is 5.88. The molecule has 2 N–H and O–H groups in total. The summed E-state index contributed by atoms with van der Waals surface area (Å²) in [5.74, 6) is 1.06. The van der Waals surface area contributed by atoms with Crippen LogP contribution in [0.1, 0.15) is 12.8 Å². The number of pyridine rings is 1. The van der Waals surface area contributed by atoms with E-state index in [1.165, 1.54) is 0 Å². The van der Waals surface area contributed by atoms with Gasteiger partial charge in [-0.1, -0.05) is 12.1 Å². The molecule has 0 saturated carbocycles. The molecule has 1 aliphatic heterocycles. The maximum Gasteiger partial charge on any atom is 0.240 e. The van der Waals surface area contributed by atoms with Gasteiger partial charge in [-0.15, -0.1) is 0 Å². The van der Waals surface area contributed by atoms with E-state index in [2.05, 4.69) is 9.97 Å². The second-order valence-electron chi connectivity index (χ2n) is 5.88. The van der Waals surface area contributed by atoms with Gasteiger partial charge in [0.25, 0.3) is 0 Å². The van der Waals surface area contributed by atoms with Crippen LogP contribution in [0.15, 0.2) is 48.8 Å². The first-order valence-electron chi connectivity index (χ1n) is 7.97. The van der Waals surface area contributed by atoms with Crippen molar-refractivity contribution in [3.63, 3.8) is 0 Å². The van der Waals surface area contributed by atoms with E-state index in [1.54, 1.807) is 12.4 Å². The highest BCUT2D eigenvalue weighted by Crippen LogP contribution is 2.31. The Bertz CT molecular complexity index is 896. The highest BCUT2D eigenvalue weighted by Gasteiger charge is 2.31. The Morgan fingerprint density at radius 1 is 1.17 bits per heavy atom. The Morgan fingerprint density at radius 3 is 2.83 bits per heavy atom. The van der Waals surface area contributed by atoms with Crippen LogP contribution in [-0.4, -0.2) is 33.4 Å². The Morgan fingerprint density at radius 2 is 2.04 bits per heavy atom. The summed E-state index contributed by atoms with van der Waals surface area (Å²) >= 11 is 0. The van der Waals surface area contributed by atoms with Crippen molar-refractivity contribution in [3.8, 4) is 11.4 Å². The number of fused-ring (bicyclic) bond motifs is 1. The summed E-state index contributed by atoms with van der Waals surface area (Å²) in [6, 6.07) is 11.3. The van der Waals surface area contributed by atoms with E-state index in [4.69, 9.17) is 10.7 Å².